The van der Waals surface area contributed by atoms with Crippen LogP contribution in [0.4, 0.5) is 0 Å². The van der Waals surface area contributed by atoms with Crippen molar-refractivity contribution in [2.45, 2.75) is 38.0 Å². The molecule has 1 fully saturated rings. The Balaban J connectivity index is 1.41. The molecule has 1 atom stereocenters. The lowest BCUT2D eigenvalue weighted by Crippen LogP contribution is -2.44. The molecule has 2 heterocycles. The highest BCUT2D eigenvalue weighted by Gasteiger charge is 2.36. The van der Waals surface area contributed by atoms with Gasteiger partial charge in [0, 0.05) is 19.2 Å². The van der Waals surface area contributed by atoms with Gasteiger partial charge in [0.25, 0.3) is 0 Å². The molecule has 1 saturated carbocycles. The smallest absolute Gasteiger partial charge is 0.234 e. The molecule has 1 amide bonds. The van der Waals surface area contributed by atoms with E-state index in [0.717, 1.165) is 42.9 Å². The molecule has 0 radical (unpaired) electrons. The molecule has 2 N–H and O–H groups in total. The van der Waals surface area contributed by atoms with E-state index in [2.05, 4.69) is 16.4 Å². The van der Waals surface area contributed by atoms with Crippen molar-refractivity contribution in [3.63, 3.8) is 0 Å². The van der Waals surface area contributed by atoms with E-state index in [4.69, 9.17) is 4.74 Å². The van der Waals surface area contributed by atoms with Gasteiger partial charge < -0.3 is 15.2 Å². The van der Waals surface area contributed by atoms with E-state index in [-0.39, 0.29) is 24.0 Å². The topological polar surface area (TPSA) is 74.7 Å². The van der Waals surface area contributed by atoms with Crippen molar-refractivity contribution >= 4 is 5.91 Å². The Labute approximate surface area is 165 Å². The Hall–Kier alpha value is -2.44. The van der Waals surface area contributed by atoms with Crippen molar-refractivity contribution < 1.29 is 14.6 Å². The summed E-state index contributed by atoms with van der Waals surface area (Å²) in [5.74, 6) is 1.19. The van der Waals surface area contributed by atoms with E-state index in [0.29, 0.717) is 13.1 Å². The average molecular weight is 381 g/mol. The molecule has 1 aliphatic heterocycles. The normalized spacial score (nSPS) is 21.5. The molecule has 4 rings (SSSR count). The van der Waals surface area contributed by atoms with Crippen LogP contribution in [0.5, 0.6) is 5.75 Å². The standard InChI is InChI=1S/C22H27N3O3/c1-25(13-18-4-2-3-8-23-18)14-21(27)24-22(17-11-19(26)12-17)16-5-6-20-15(10-16)7-9-28-20/h2-6,8,10,17,19,22,26H,7,9,11-14H2,1H3,(H,24,27)/t17?,19?,22-/m0/s1. The number of aliphatic hydroxyl groups is 1. The van der Waals surface area contributed by atoms with Gasteiger partial charge in [0.15, 0.2) is 0 Å². The number of carbonyl (C=O) groups excluding carboxylic acids is 1. The lowest BCUT2D eigenvalue weighted by Gasteiger charge is -2.38. The summed E-state index contributed by atoms with van der Waals surface area (Å²) in [7, 11) is 1.92. The molecule has 2 aliphatic rings. The fraction of sp³-hybridized carbons (Fsp3) is 0.455. The minimum absolute atomic E-state index is 0.0124. The van der Waals surface area contributed by atoms with E-state index in [9.17, 15) is 9.90 Å². The predicted octanol–water partition coefficient (Wildman–Crippen LogP) is 2.08. The number of amides is 1. The molecule has 1 aromatic carbocycles. The lowest BCUT2D eigenvalue weighted by atomic mass is 9.75. The van der Waals surface area contributed by atoms with Crippen LogP contribution in [0.3, 0.4) is 0 Å². The molecule has 6 nitrogen and oxygen atoms in total. The third-order valence-electron chi connectivity index (χ3n) is 5.58. The van der Waals surface area contributed by atoms with Crippen molar-refractivity contribution in [3.8, 4) is 5.75 Å². The Bertz CT molecular complexity index is 821. The highest BCUT2D eigenvalue weighted by atomic mass is 16.5. The highest BCUT2D eigenvalue weighted by molar-refractivity contribution is 5.78. The van der Waals surface area contributed by atoms with Crippen LogP contribution in [0, 0.1) is 5.92 Å². The van der Waals surface area contributed by atoms with E-state index in [1.165, 1.54) is 5.56 Å². The number of carbonyl (C=O) groups is 1. The van der Waals surface area contributed by atoms with Crippen molar-refractivity contribution in [1.82, 2.24) is 15.2 Å². The van der Waals surface area contributed by atoms with Gasteiger partial charge in [-0.05, 0) is 61.2 Å². The van der Waals surface area contributed by atoms with Crippen LogP contribution in [-0.4, -0.2) is 47.2 Å². The van der Waals surface area contributed by atoms with Crippen molar-refractivity contribution in [3.05, 3.63) is 59.4 Å². The molecule has 0 spiro atoms. The minimum atomic E-state index is -0.256. The molecule has 1 aromatic heterocycles. The molecule has 2 aromatic rings. The summed E-state index contributed by atoms with van der Waals surface area (Å²) in [6.45, 7) is 1.64. The molecular weight excluding hydrogens is 354 g/mol. The number of hydrogen-bond acceptors (Lipinski definition) is 5. The number of nitrogens with one attached hydrogen (secondary N) is 1. The third kappa shape index (κ3) is 4.34. The Kier molecular flexibility index (Phi) is 5.59. The quantitative estimate of drug-likeness (QED) is 0.768. The lowest BCUT2D eigenvalue weighted by molar-refractivity contribution is -0.124. The fourth-order valence-electron chi connectivity index (χ4n) is 4.06. The number of ether oxygens (including phenoxy) is 1. The number of hydrogen-bond donors (Lipinski definition) is 2. The van der Waals surface area contributed by atoms with Gasteiger partial charge in [-0.25, -0.2) is 0 Å². The number of aliphatic hydroxyl groups excluding tert-OH is 1. The summed E-state index contributed by atoms with van der Waals surface area (Å²) in [6.07, 6.45) is 3.86. The molecule has 0 bridgehead atoms. The summed E-state index contributed by atoms with van der Waals surface area (Å²) < 4.78 is 5.60. The van der Waals surface area contributed by atoms with E-state index in [1.807, 2.05) is 42.3 Å². The van der Waals surface area contributed by atoms with Gasteiger partial charge in [0.2, 0.25) is 5.91 Å². The molecular formula is C22H27N3O3. The van der Waals surface area contributed by atoms with E-state index >= 15 is 0 Å². The zero-order chi connectivity index (χ0) is 19.5. The van der Waals surface area contributed by atoms with Crippen molar-refractivity contribution in [1.29, 1.82) is 0 Å². The first-order valence-electron chi connectivity index (χ1n) is 9.90. The molecule has 6 heteroatoms. The fourth-order valence-corrected chi connectivity index (χ4v) is 4.06. The first kappa shape index (κ1) is 18.9. The summed E-state index contributed by atoms with van der Waals surface area (Å²) in [4.78, 5) is 19.0. The number of fused-ring (bicyclic) bond motifs is 1. The molecule has 148 valence electrons. The van der Waals surface area contributed by atoms with Gasteiger partial charge in [-0.15, -0.1) is 0 Å². The van der Waals surface area contributed by atoms with Crippen LogP contribution in [0.25, 0.3) is 0 Å². The average Bonchev–Trinajstić information content (AvgIpc) is 3.12. The van der Waals surface area contributed by atoms with Gasteiger partial charge in [-0.1, -0.05) is 12.1 Å². The SMILES string of the molecule is CN(CC(=O)N[C@@H](c1ccc2c(c1)CCO2)C1CC(O)C1)Cc1ccccn1. The van der Waals surface area contributed by atoms with Crippen molar-refractivity contribution in [2.24, 2.45) is 5.92 Å². The zero-order valence-electron chi connectivity index (χ0n) is 16.2. The maximum absolute atomic E-state index is 12.7. The number of benzene rings is 1. The molecule has 28 heavy (non-hydrogen) atoms. The first-order valence-corrected chi connectivity index (χ1v) is 9.90. The second-order valence-electron chi connectivity index (χ2n) is 7.89. The van der Waals surface area contributed by atoms with Crippen LogP contribution in [0.15, 0.2) is 42.6 Å². The van der Waals surface area contributed by atoms with Crippen LogP contribution in [0.2, 0.25) is 0 Å². The first-order chi connectivity index (χ1) is 13.6. The number of aromatic nitrogens is 1. The summed E-state index contributed by atoms with van der Waals surface area (Å²) in [6, 6.07) is 11.9. The van der Waals surface area contributed by atoms with E-state index in [1.54, 1.807) is 6.20 Å². The maximum Gasteiger partial charge on any atom is 0.234 e. The Morgan fingerprint density at radius 3 is 2.96 bits per heavy atom. The second kappa shape index (κ2) is 8.29. The summed E-state index contributed by atoms with van der Waals surface area (Å²) in [5, 5.41) is 13.0. The van der Waals surface area contributed by atoms with Gasteiger partial charge in [-0.3, -0.25) is 14.7 Å². The van der Waals surface area contributed by atoms with Crippen LogP contribution >= 0.6 is 0 Å². The minimum Gasteiger partial charge on any atom is -0.493 e. The highest BCUT2D eigenvalue weighted by Crippen LogP contribution is 2.39. The van der Waals surface area contributed by atoms with Crippen LogP contribution in [-0.2, 0) is 17.8 Å². The molecule has 0 saturated heterocycles. The van der Waals surface area contributed by atoms with Gasteiger partial charge in [0.05, 0.1) is 31.0 Å². The summed E-state index contributed by atoms with van der Waals surface area (Å²) in [5.41, 5.74) is 3.24. The molecule has 1 aliphatic carbocycles. The Morgan fingerprint density at radius 1 is 1.36 bits per heavy atom. The van der Waals surface area contributed by atoms with Crippen molar-refractivity contribution in [2.75, 3.05) is 20.2 Å². The van der Waals surface area contributed by atoms with E-state index < -0.39 is 0 Å². The monoisotopic (exact) mass is 381 g/mol. The number of likely N-dealkylation sites (N-methyl/N-ethyl adjacent to an activating group) is 1. The number of pyridine rings is 1. The number of nitrogens with zero attached hydrogens (tertiary/aromatic N) is 2. The zero-order valence-corrected chi connectivity index (χ0v) is 16.2. The number of rotatable bonds is 7. The molecule has 0 unspecified atom stereocenters. The third-order valence-corrected chi connectivity index (χ3v) is 5.58. The van der Waals surface area contributed by atoms with Crippen LogP contribution in [0.1, 0.15) is 35.7 Å². The van der Waals surface area contributed by atoms with Gasteiger partial charge >= 0.3 is 0 Å². The second-order valence-corrected chi connectivity index (χ2v) is 7.89. The largest absolute Gasteiger partial charge is 0.493 e. The Morgan fingerprint density at radius 2 is 2.21 bits per heavy atom. The van der Waals surface area contributed by atoms with Gasteiger partial charge in [0.1, 0.15) is 5.75 Å². The van der Waals surface area contributed by atoms with Gasteiger partial charge in [-0.2, -0.15) is 0 Å². The maximum atomic E-state index is 12.7. The summed E-state index contributed by atoms with van der Waals surface area (Å²) >= 11 is 0. The van der Waals surface area contributed by atoms with Crippen LogP contribution < -0.4 is 10.1 Å². The predicted molar refractivity (Wildman–Crippen MR) is 106 cm³/mol.